The van der Waals surface area contributed by atoms with E-state index in [0.717, 1.165) is 49.2 Å². The van der Waals surface area contributed by atoms with Crippen LogP contribution >= 0.6 is 24.0 Å². The standard InChI is InChI=1S/C25H36N4O3.HI/c1-26-25(28-21-8-6-9-23(18-21)32-17-7-16-30-2)27-19-24(29-14-4-5-15-29)20-10-12-22(31-3)13-11-20;/h6,8-13,18,24H,4-5,7,14-17,19H2,1-3H3,(H2,26,27,28);1H. The largest absolute Gasteiger partial charge is 0.497 e. The van der Waals surface area contributed by atoms with Crippen LogP contribution in [0.15, 0.2) is 53.5 Å². The van der Waals surface area contributed by atoms with Crippen molar-refractivity contribution in [2.75, 3.05) is 59.4 Å². The van der Waals surface area contributed by atoms with Crippen molar-refractivity contribution in [2.24, 2.45) is 4.99 Å². The van der Waals surface area contributed by atoms with E-state index in [2.05, 4.69) is 32.7 Å². The molecular weight excluding hydrogens is 531 g/mol. The Morgan fingerprint density at radius 2 is 1.79 bits per heavy atom. The average molecular weight is 569 g/mol. The molecule has 0 aliphatic carbocycles. The van der Waals surface area contributed by atoms with Crippen LogP contribution in [0, 0.1) is 0 Å². The van der Waals surface area contributed by atoms with E-state index in [9.17, 15) is 0 Å². The van der Waals surface area contributed by atoms with E-state index in [1.54, 1.807) is 21.3 Å². The highest BCUT2D eigenvalue weighted by Gasteiger charge is 2.23. The first-order chi connectivity index (χ1) is 15.7. The van der Waals surface area contributed by atoms with Gasteiger partial charge in [0.05, 0.1) is 19.8 Å². The summed E-state index contributed by atoms with van der Waals surface area (Å²) >= 11 is 0. The molecule has 0 amide bonds. The van der Waals surface area contributed by atoms with E-state index in [1.807, 2.05) is 36.4 Å². The minimum atomic E-state index is 0. The van der Waals surface area contributed by atoms with Crippen LogP contribution in [0.5, 0.6) is 11.5 Å². The number of halogens is 1. The number of rotatable bonds is 11. The maximum absolute atomic E-state index is 5.81. The molecular formula is C25H37IN4O3. The highest BCUT2D eigenvalue weighted by molar-refractivity contribution is 14.0. The number of nitrogens with zero attached hydrogens (tertiary/aromatic N) is 2. The molecule has 0 bridgehead atoms. The first-order valence-corrected chi connectivity index (χ1v) is 11.3. The second-order valence-corrected chi connectivity index (χ2v) is 7.83. The number of methoxy groups -OCH3 is 2. The van der Waals surface area contributed by atoms with Crippen molar-refractivity contribution in [3.05, 3.63) is 54.1 Å². The molecule has 1 heterocycles. The molecule has 0 spiro atoms. The van der Waals surface area contributed by atoms with Crippen LogP contribution in [-0.2, 0) is 4.74 Å². The molecule has 7 nitrogen and oxygen atoms in total. The summed E-state index contributed by atoms with van der Waals surface area (Å²) in [6, 6.07) is 16.6. The summed E-state index contributed by atoms with van der Waals surface area (Å²) in [5.41, 5.74) is 2.21. The van der Waals surface area contributed by atoms with Crippen LogP contribution in [-0.4, -0.2) is 65.0 Å². The summed E-state index contributed by atoms with van der Waals surface area (Å²) in [6.45, 7) is 4.32. The third-order valence-corrected chi connectivity index (χ3v) is 5.63. The van der Waals surface area contributed by atoms with Crippen LogP contribution in [0.2, 0.25) is 0 Å². The Morgan fingerprint density at radius 1 is 1.03 bits per heavy atom. The summed E-state index contributed by atoms with van der Waals surface area (Å²) < 4.78 is 16.2. The molecule has 2 aromatic rings. The first-order valence-electron chi connectivity index (χ1n) is 11.3. The predicted molar refractivity (Wildman–Crippen MR) is 145 cm³/mol. The van der Waals surface area contributed by atoms with Gasteiger partial charge in [0.25, 0.3) is 0 Å². The lowest BCUT2D eigenvalue weighted by Crippen LogP contribution is -2.39. The average Bonchev–Trinajstić information content (AvgIpc) is 3.36. The smallest absolute Gasteiger partial charge is 0.195 e. The number of ether oxygens (including phenoxy) is 3. The quantitative estimate of drug-likeness (QED) is 0.180. The van der Waals surface area contributed by atoms with Gasteiger partial charge in [0, 0.05) is 45.5 Å². The van der Waals surface area contributed by atoms with Crippen molar-refractivity contribution in [1.82, 2.24) is 10.2 Å². The van der Waals surface area contributed by atoms with Gasteiger partial charge in [0.2, 0.25) is 0 Å². The van der Waals surface area contributed by atoms with Gasteiger partial charge in [-0.25, -0.2) is 0 Å². The Hall–Kier alpha value is -2.04. The van der Waals surface area contributed by atoms with Crippen molar-refractivity contribution < 1.29 is 14.2 Å². The molecule has 3 rings (SSSR count). The van der Waals surface area contributed by atoms with E-state index in [1.165, 1.54) is 18.4 Å². The Bertz CT molecular complexity index is 842. The fourth-order valence-electron chi connectivity index (χ4n) is 3.90. The summed E-state index contributed by atoms with van der Waals surface area (Å²) in [5.74, 6) is 2.44. The van der Waals surface area contributed by atoms with Crippen molar-refractivity contribution in [2.45, 2.75) is 25.3 Å². The molecule has 0 radical (unpaired) electrons. The lowest BCUT2D eigenvalue weighted by molar-refractivity contribution is 0.172. The molecule has 1 aliphatic heterocycles. The topological polar surface area (TPSA) is 67.4 Å². The van der Waals surface area contributed by atoms with E-state index < -0.39 is 0 Å². The van der Waals surface area contributed by atoms with E-state index >= 15 is 0 Å². The maximum atomic E-state index is 5.81. The SMILES string of the molecule is CN=C(NCC(c1ccc(OC)cc1)N1CCCC1)Nc1cccc(OCCCOC)c1.I. The molecule has 1 saturated heterocycles. The van der Waals surface area contributed by atoms with E-state index in [4.69, 9.17) is 14.2 Å². The van der Waals surface area contributed by atoms with Gasteiger partial charge in [0.15, 0.2) is 5.96 Å². The summed E-state index contributed by atoms with van der Waals surface area (Å²) in [4.78, 5) is 6.96. The summed E-state index contributed by atoms with van der Waals surface area (Å²) in [5, 5.41) is 6.89. The number of anilines is 1. The number of aliphatic imine (C=N–C) groups is 1. The first kappa shape index (κ1) is 27.2. The molecule has 2 N–H and O–H groups in total. The zero-order valence-corrected chi connectivity index (χ0v) is 22.2. The number of hydrogen-bond acceptors (Lipinski definition) is 5. The molecule has 8 heteroatoms. The Morgan fingerprint density at radius 3 is 2.45 bits per heavy atom. The third-order valence-electron chi connectivity index (χ3n) is 5.63. The minimum absolute atomic E-state index is 0. The van der Waals surface area contributed by atoms with Crippen molar-refractivity contribution in [3.63, 3.8) is 0 Å². The number of hydrogen-bond donors (Lipinski definition) is 2. The fourth-order valence-corrected chi connectivity index (χ4v) is 3.90. The minimum Gasteiger partial charge on any atom is -0.497 e. The van der Waals surface area contributed by atoms with E-state index in [0.29, 0.717) is 13.2 Å². The van der Waals surface area contributed by atoms with Gasteiger partial charge in [-0.2, -0.15) is 0 Å². The molecule has 1 atom stereocenters. The van der Waals surface area contributed by atoms with Gasteiger partial charge in [-0.3, -0.25) is 9.89 Å². The molecule has 0 aromatic heterocycles. The van der Waals surface area contributed by atoms with Gasteiger partial charge in [-0.15, -0.1) is 24.0 Å². The second-order valence-electron chi connectivity index (χ2n) is 7.83. The number of benzene rings is 2. The molecule has 1 aliphatic rings. The van der Waals surface area contributed by atoms with E-state index in [-0.39, 0.29) is 30.0 Å². The van der Waals surface area contributed by atoms with Gasteiger partial charge < -0.3 is 24.8 Å². The van der Waals surface area contributed by atoms with Crippen LogP contribution in [0.25, 0.3) is 0 Å². The van der Waals surface area contributed by atoms with Crippen molar-refractivity contribution >= 4 is 35.6 Å². The zero-order valence-electron chi connectivity index (χ0n) is 19.9. The van der Waals surface area contributed by atoms with Gasteiger partial charge >= 0.3 is 0 Å². The van der Waals surface area contributed by atoms with Crippen LogP contribution in [0.4, 0.5) is 5.69 Å². The normalized spacial score (nSPS) is 14.9. The van der Waals surface area contributed by atoms with Crippen molar-refractivity contribution in [1.29, 1.82) is 0 Å². The Balaban J connectivity index is 0.00000385. The number of guanidine groups is 1. The number of nitrogens with one attached hydrogen (secondary N) is 2. The van der Waals surface area contributed by atoms with Crippen LogP contribution in [0.1, 0.15) is 30.9 Å². The van der Waals surface area contributed by atoms with Crippen molar-refractivity contribution in [3.8, 4) is 11.5 Å². The molecule has 1 fully saturated rings. The molecule has 1 unspecified atom stereocenters. The highest BCUT2D eigenvalue weighted by Crippen LogP contribution is 2.26. The fraction of sp³-hybridized carbons (Fsp3) is 0.480. The summed E-state index contributed by atoms with van der Waals surface area (Å²) in [7, 11) is 5.19. The molecule has 182 valence electrons. The molecule has 33 heavy (non-hydrogen) atoms. The lowest BCUT2D eigenvalue weighted by atomic mass is 10.1. The zero-order chi connectivity index (χ0) is 22.6. The Labute approximate surface area is 214 Å². The summed E-state index contributed by atoms with van der Waals surface area (Å²) in [6.07, 6.45) is 3.36. The van der Waals surface area contributed by atoms with Gasteiger partial charge in [-0.05, 0) is 55.8 Å². The molecule has 0 saturated carbocycles. The lowest BCUT2D eigenvalue weighted by Gasteiger charge is -2.29. The third kappa shape index (κ3) is 8.68. The highest BCUT2D eigenvalue weighted by atomic mass is 127. The second kappa shape index (κ2) is 15.0. The Kier molecular flexibility index (Phi) is 12.3. The maximum Gasteiger partial charge on any atom is 0.195 e. The monoisotopic (exact) mass is 568 g/mol. The van der Waals surface area contributed by atoms with Crippen LogP contribution < -0.4 is 20.1 Å². The number of likely N-dealkylation sites (tertiary alicyclic amines) is 1. The predicted octanol–water partition coefficient (Wildman–Crippen LogP) is 4.55. The van der Waals surface area contributed by atoms with Gasteiger partial charge in [-0.1, -0.05) is 18.2 Å². The van der Waals surface area contributed by atoms with Gasteiger partial charge in [0.1, 0.15) is 11.5 Å². The van der Waals surface area contributed by atoms with Crippen LogP contribution in [0.3, 0.4) is 0 Å². The molecule has 2 aromatic carbocycles.